The molecule has 0 aliphatic heterocycles. The Bertz CT molecular complexity index is 377. The van der Waals surface area contributed by atoms with Crippen molar-refractivity contribution in [1.29, 1.82) is 0 Å². The van der Waals surface area contributed by atoms with Crippen LogP contribution >= 0.6 is 27.3 Å². The highest BCUT2D eigenvalue weighted by Crippen LogP contribution is 2.38. The monoisotopic (exact) mass is 317 g/mol. The zero-order chi connectivity index (χ0) is 12.4. The van der Waals surface area contributed by atoms with Crippen molar-refractivity contribution in [2.24, 2.45) is 0 Å². The molecule has 2 nitrogen and oxygen atoms in total. The fourth-order valence-electron chi connectivity index (χ4n) is 2.62. The summed E-state index contributed by atoms with van der Waals surface area (Å²) in [5.41, 5.74) is 1.46. The van der Waals surface area contributed by atoms with E-state index in [9.17, 15) is 5.11 Å². The standard InChI is InChI=1S/C13H20BrNOS/c1-8(6-9(2)16)15-11-4-3-5-12-10(11)7-13(14)17-12/h7-9,11,15-16H,3-6H2,1-2H3. The van der Waals surface area contributed by atoms with Crippen LogP contribution in [0.5, 0.6) is 0 Å². The van der Waals surface area contributed by atoms with Crippen molar-refractivity contribution >= 4 is 27.3 Å². The summed E-state index contributed by atoms with van der Waals surface area (Å²) in [6.45, 7) is 4.01. The Morgan fingerprint density at radius 3 is 3.06 bits per heavy atom. The second kappa shape index (κ2) is 5.83. The molecule has 1 heterocycles. The van der Waals surface area contributed by atoms with Gasteiger partial charge in [-0.05, 0) is 67.1 Å². The van der Waals surface area contributed by atoms with Crippen LogP contribution in [0.15, 0.2) is 9.85 Å². The molecular formula is C13H20BrNOS. The molecule has 3 atom stereocenters. The van der Waals surface area contributed by atoms with E-state index in [0.29, 0.717) is 12.1 Å². The molecule has 4 heteroatoms. The molecule has 96 valence electrons. The molecule has 3 unspecified atom stereocenters. The van der Waals surface area contributed by atoms with Gasteiger partial charge in [-0.25, -0.2) is 0 Å². The molecule has 1 aliphatic carbocycles. The summed E-state index contributed by atoms with van der Waals surface area (Å²) in [4.78, 5) is 1.52. The van der Waals surface area contributed by atoms with Gasteiger partial charge in [-0.15, -0.1) is 11.3 Å². The van der Waals surface area contributed by atoms with Crippen molar-refractivity contribution in [2.45, 2.75) is 57.7 Å². The molecule has 0 amide bonds. The van der Waals surface area contributed by atoms with Gasteiger partial charge in [0.15, 0.2) is 0 Å². The molecule has 0 spiro atoms. The fourth-order valence-corrected chi connectivity index (χ4v) is 4.44. The summed E-state index contributed by atoms with van der Waals surface area (Å²) in [6.07, 6.45) is 4.28. The molecule has 2 rings (SSSR count). The topological polar surface area (TPSA) is 32.3 Å². The quantitative estimate of drug-likeness (QED) is 0.888. The Labute approximate surface area is 116 Å². The van der Waals surface area contributed by atoms with Gasteiger partial charge in [-0.1, -0.05) is 0 Å². The van der Waals surface area contributed by atoms with Crippen molar-refractivity contribution in [3.63, 3.8) is 0 Å². The molecule has 0 saturated heterocycles. The second-order valence-electron chi connectivity index (χ2n) is 5.03. The number of nitrogens with one attached hydrogen (secondary N) is 1. The molecule has 17 heavy (non-hydrogen) atoms. The number of aliphatic hydroxyl groups is 1. The highest BCUT2D eigenvalue weighted by molar-refractivity contribution is 9.11. The third-order valence-corrected chi connectivity index (χ3v) is 4.98. The number of rotatable bonds is 4. The van der Waals surface area contributed by atoms with Crippen molar-refractivity contribution in [2.75, 3.05) is 0 Å². The first-order chi connectivity index (χ1) is 8.06. The Kier molecular flexibility index (Phi) is 4.64. The van der Waals surface area contributed by atoms with Gasteiger partial charge in [0.1, 0.15) is 0 Å². The molecule has 0 aromatic carbocycles. The molecule has 0 fully saturated rings. The molecule has 2 N–H and O–H groups in total. The van der Waals surface area contributed by atoms with Crippen LogP contribution in [-0.4, -0.2) is 17.3 Å². The van der Waals surface area contributed by atoms with Crippen LogP contribution in [0.2, 0.25) is 0 Å². The van der Waals surface area contributed by atoms with E-state index < -0.39 is 0 Å². The number of fused-ring (bicyclic) bond motifs is 1. The van der Waals surface area contributed by atoms with E-state index in [1.165, 1.54) is 33.5 Å². The van der Waals surface area contributed by atoms with Crippen LogP contribution in [0.1, 0.15) is 49.6 Å². The average Bonchev–Trinajstić information content (AvgIpc) is 2.58. The first-order valence-corrected chi connectivity index (χ1v) is 7.89. The molecule has 1 aromatic heterocycles. The van der Waals surface area contributed by atoms with E-state index >= 15 is 0 Å². The maximum Gasteiger partial charge on any atom is 0.0704 e. The van der Waals surface area contributed by atoms with Crippen LogP contribution < -0.4 is 5.32 Å². The van der Waals surface area contributed by atoms with Crippen LogP contribution in [0, 0.1) is 0 Å². The highest BCUT2D eigenvalue weighted by atomic mass is 79.9. The van der Waals surface area contributed by atoms with Gasteiger partial charge in [-0.3, -0.25) is 0 Å². The van der Waals surface area contributed by atoms with E-state index in [0.717, 1.165) is 6.42 Å². The number of aryl methyl sites for hydroxylation is 1. The number of halogens is 1. The first-order valence-electron chi connectivity index (χ1n) is 6.28. The van der Waals surface area contributed by atoms with Gasteiger partial charge in [0, 0.05) is 17.0 Å². The lowest BCUT2D eigenvalue weighted by Crippen LogP contribution is -2.34. The lowest BCUT2D eigenvalue weighted by Gasteiger charge is -2.27. The van der Waals surface area contributed by atoms with Crippen molar-refractivity contribution < 1.29 is 5.11 Å². The van der Waals surface area contributed by atoms with E-state index in [-0.39, 0.29) is 6.10 Å². The minimum Gasteiger partial charge on any atom is -0.393 e. The summed E-state index contributed by atoms with van der Waals surface area (Å²) < 4.78 is 1.24. The van der Waals surface area contributed by atoms with Crippen LogP contribution in [-0.2, 0) is 6.42 Å². The van der Waals surface area contributed by atoms with E-state index in [2.05, 4.69) is 34.2 Å². The van der Waals surface area contributed by atoms with Gasteiger partial charge in [0.05, 0.1) is 9.89 Å². The minimum absolute atomic E-state index is 0.227. The predicted octanol–water partition coefficient (Wildman–Crippen LogP) is 3.64. The Balaban J connectivity index is 2.03. The number of hydrogen-bond donors (Lipinski definition) is 2. The van der Waals surface area contributed by atoms with E-state index in [1.54, 1.807) is 0 Å². The summed E-state index contributed by atoms with van der Waals surface area (Å²) in [5.74, 6) is 0. The smallest absolute Gasteiger partial charge is 0.0704 e. The van der Waals surface area contributed by atoms with Crippen LogP contribution in [0.4, 0.5) is 0 Å². The van der Waals surface area contributed by atoms with Gasteiger partial charge < -0.3 is 10.4 Å². The zero-order valence-electron chi connectivity index (χ0n) is 10.4. The van der Waals surface area contributed by atoms with E-state index in [4.69, 9.17) is 0 Å². The fraction of sp³-hybridized carbons (Fsp3) is 0.692. The normalized spacial score (nSPS) is 23.2. The number of thiophene rings is 1. The van der Waals surface area contributed by atoms with Crippen LogP contribution in [0.25, 0.3) is 0 Å². The highest BCUT2D eigenvalue weighted by Gasteiger charge is 2.23. The summed E-state index contributed by atoms with van der Waals surface area (Å²) in [7, 11) is 0. The van der Waals surface area contributed by atoms with Gasteiger partial charge in [0.25, 0.3) is 0 Å². The maximum absolute atomic E-state index is 9.41. The van der Waals surface area contributed by atoms with Gasteiger partial charge >= 0.3 is 0 Å². The lowest BCUT2D eigenvalue weighted by molar-refractivity contribution is 0.167. The number of hydrogen-bond acceptors (Lipinski definition) is 3. The zero-order valence-corrected chi connectivity index (χ0v) is 12.8. The molecule has 1 aromatic rings. The summed E-state index contributed by atoms with van der Waals surface area (Å²) >= 11 is 5.44. The average molecular weight is 318 g/mol. The third-order valence-electron chi connectivity index (χ3n) is 3.26. The summed E-state index contributed by atoms with van der Waals surface area (Å²) in [6, 6.07) is 3.09. The second-order valence-corrected chi connectivity index (χ2v) is 7.54. The largest absolute Gasteiger partial charge is 0.393 e. The summed E-state index contributed by atoms with van der Waals surface area (Å²) in [5, 5.41) is 13.1. The maximum atomic E-state index is 9.41. The molecule has 1 aliphatic rings. The number of aliphatic hydroxyl groups excluding tert-OH is 1. The Morgan fingerprint density at radius 2 is 2.35 bits per heavy atom. The molecule has 0 bridgehead atoms. The first kappa shape index (κ1) is 13.5. The minimum atomic E-state index is -0.227. The third kappa shape index (κ3) is 3.53. The van der Waals surface area contributed by atoms with Gasteiger partial charge in [0.2, 0.25) is 0 Å². The van der Waals surface area contributed by atoms with Crippen LogP contribution in [0.3, 0.4) is 0 Å². The van der Waals surface area contributed by atoms with Crippen molar-refractivity contribution in [3.05, 3.63) is 20.3 Å². The van der Waals surface area contributed by atoms with Crippen molar-refractivity contribution in [3.8, 4) is 0 Å². The lowest BCUT2D eigenvalue weighted by atomic mass is 9.93. The SMILES string of the molecule is CC(O)CC(C)NC1CCCc2sc(Br)cc21. The molecule has 0 radical (unpaired) electrons. The Hall–Kier alpha value is 0.100. The predicted molar refractivity (Wildman–Crippen MR) is 76.6 cm³/mol. The van der Waals surface area contributed by atoms with E-state index in [1.807, 2.05) is 18.3 Å². The molecular weight excluding hydrogens is 298 g/mol. The Morgan fingerprint density at radius 1 is 1.59 bits per heavy atom. The van der Waals surface area contributed by atoms with Crippen molar-refractivity contribution in [1.82, 2.24) is 5.32 Å². The molecule has 0 saturated carbocycles. The van der Waals surface area contributed by atoms with Gasteiger partial charge in [-0.2, -0.15) is 0 Å².